The van der Waals surface area contributed by atoms with Crippen LogP contribution in [0.2, 0.25) is 0 Å². The zero-order valence-electron chi connectivity index (χ0n) is 20.9. The molecule has 2 aliphatic carbocycles. The Hall–Kier alpha value is -3.03. The molecule has 1 saturated carbocycles. The lowest BCUT2D eigenvalue weighted by atomic mass is 9.48. The highest BCUT2D eigenvalue weighted by Gasteiger charge is 2.73. The number of phenols is 1. The Kier molecular flexibility index (Phi) is 5.36. The maximum absolute atomic E-state index is 13.3. The molecule has 1 spiro atoms. The van der Waals surface area contributed by atoms with E-state index in [1.165, 1.54) is 0 Å². The molecule has 0 radical (unpaired) electrons. The van der Waals surface area contributed by atoms with Crippen LogP contribution in [0.4, 0.5) is 5.69 Å². The Morgan fingerprint density at radius 1 is 1.31 bits per heavy atom. The van der Waals surface area contributed by atoms with Crippen LogP contribution in [0.1, 0.15) is 44.2 Å². The summed E-state index contributed by atoms with van der Waals surface area (Å²) in [5.74, 6) is 1.11. The number of para-hydroxylation sites is 2. The molecule has 2 aromatic carbocycles. The van der Waals surface area contributed by atoms with E-state index in [1.807, 2.05) is 43.3 Å². The number of likely N-dealkylation sites (tertiary alicyclic amines) is 1. The van der Waals surface area contributed by atoms with Crippen molar-refractivity contribution in [2.75, 3.05) is 24.6 Å². The van der Waals surface area contributed by atoms with Crippen molar-refractivity contribution in [2.24, 2.45) is 0 Å². The second-order valence-corrected chi connectivity index (χ2v) is 10.5. The van der Waals surface area contributed by atoms with Crippen molar-refractivity contribution in [1.82, 2.24) is 4.90 Å². The standard InChI is InChI=1S/C29H34N2O5/c1-4-15-30-16-14-28-25-19-10-11-22(33)26(25)36-27(28)21(12-13-29(28,34)24(30)17-19)31(18(3)32)20-8-6-7-9-23(20)35-5-2/h4,6-11,21,24,27,33-34H,1,5,12-17H2,2-3H3/t21-,24-,27+,28+,29-/m1/s1. The predicted octanol–water partition coefficient (Wildman–Crippen LogP) is 3.55. The monoisotopic (exact) mass is 490 g/mol. The van der Waals surface area contributed by atoms with E-state index < -0.39 is 17.1 Å². The fourth-order valence-corrected chi connectivity index (χ4v) is 7.77. The zero-order chi connectivity index (χ0) is 25.2. The molecule has 0 unspecified atom stereocenters. The number of aliphatic hydroxyl groups is 1. The minimum absolute atomic E-state index is 0.0826. The van der Waals surface area contributed by atoms with Gasteiger partial charge in [0.15, 0.2) is 11.5 Å². The third-order valence-electron chi connectivity index (χ3n) is 9.00. The molecule has 6 rings (SSSR count). The summed E-state index contributed by atoms with van der Waals surface area (Å²) in [4.78, 5) is 17.4. The molecule has 4 aliphatic rings. The molecular weight excluding hydrogens is 456 g/mol. The molecule has 7 heteroatoms. The number of hydrogen-bond donors (Lipinski definition) is 2. The lowest BCUT2D eigenvalue weighted by Gasteiger charge is -2.64. The van der Waals surface area contributed by atoms with Crippen LogP contribution in [0.25, 0.3) is 0 Å². The third kappa shape index (κ3) is 2.90. The Bertz CT molecular complexity index is 1230. The topological polar surface area (TPSA) is 82.5 Å². The van der Waals surface area contributed by atoms with Crippen LogP contribution < -0.4 is 14.4 Å². The summed E-state index contributed by atoms with van der Waals surface area (Å²) < 4.78 is 12.6. The highest BCUT2D eigenvalue weighted by Crippen LogP contribution is 2.66. The van der Waals surface area contributed by atoms with E-state index >= 15 is 0 Å². The maximum atomic E-state index is 13.3. The normalized spacial score (nSPS) is 31.8. The lowest BCUT2D eigenvalue weighted by Crippen LogP contribution is -2.78. The lowest BCUT2D eigenvalue weighted by molar-refractivity contribution is -0.187. The molecule has 2 bridgehead atoms. The van der Waals surface area contributed by atoms with Crippen LogP contribution in [0.3, 0.4) is 0 Å². The first-order valence-corrected chi connectivity index (χ1v) is 13.0. The number of rotatable bonds is 6. The molecule has 2 aromatic rings. The number of aromatic hydroxyl groups is 1. The molecule has 1 saturated heterocycles. The Balaban J connectivity index is 1.53. The molecule has 2 fully saturated rings. The molecule has 2 N–H and O–H groups in total. The van der Waals surface area contributed by atoms with Crippen molar-refractivity contribution in [1.29, 1.82) is 0 Å². The number of anilines is 1. The van der Waals surface area contributed by atoms with Gasteiger partial charge in [0.2, 0.25) is 5.91 Å². The van der Waals surface area contributed by atoms with Gasteiger partial charge in [0, 0.05) is 25.1 Å². The molecule has 7 nitrogen and oxygen atoms in total. The van der Waals surface area contributed by atoms with E-state index in [1.54, 1.807) is 17.9 Å². The van der Waals surface area contributed by atoms with E-state index in [0.29, 0.717) is 56.0 Å². The summed E-state index contributed by atoms with van der Waals surface area (Å²) in [5, 5.41) is 23.4. The maximum Gasteiger partial charge on any atom is 0.224 e. The molecule has 2 heterocycles. The Morgan fingerprint density at radius 3 is 2.86 bits per heavy atom. The number of carbonyl (C=O) groups is 1. The Labute approximate surface area is 211 Å². The quantitative estimate of drug-likeness (QED) is 0.603. The van der Waals surface area contributed by atoms with Crippen molar-refractivity contribution in [2.45, 2.75) is 68.7 Å². The van der Waals surface area contributed by atoms with Crippen molar-refractivity contribution in [3.05, 3.63) is 60.2 Å². The average molecular weight is 491 g/mol. The molecule has 2 aliphatic heterocycles. The van der Waals surface area contributed by atoms with Crippen LogP contribution in [0.5, 0.6) is 17.2 Å². The first kappa shape index (κ1) is 23.4. The van der Waals surface area contributed by atoms with Gasteiger partial charge < -0.3 is 24.6 Å². The van der Waals surface area contributed by atoms with Gasteiger partial charge in [-0.1, -0.05) is 24.3 Å². The van der Waals surface area contributed by atoms with Crippen LogP contribution in [0.15, 0.2) is 49.1 Å². The van der Waals surface area contributed by atoms with Crippen molar-refractivity contribution >= 4 is 11.6 Å². The molecule has 0 aromatic heterocycles. The van der Waals surface area contributed by atoms with E-state index in [9.17, 15) is 15.0 Å². The third-order valence-corrected chi connectivity index (χ3v) is 9.00. The zero-order valence-corrected chi connectivity index (χ0v) is 20.9. The van der Waals surface area contributed by atoms with Crippen LogP contribution in [-0.4, -0.2) is 64.5 Å². The molecule has 190 valence electrons. The van der Waals surface area contributed by atoms with E-state index in [2.05, 4.69) is 11.5 Å². The number of amides is 1. The first-order chi connectivity index (χ1) is 17.4. The minimum Gasteiger partial charge on any atom is -0.504 e. The first-order valence-electron chi connectivity index (χ1n) is 13.0. The van der Waals surface area contributed by atoms with Crippen molar-refractivity contribution in [3.63, 3.8) is 0 Å². The number of ether oxygens (including phenoxy) is 2. The van der Waals surface area contributed by atoms with E-state index in [4.69, 9.17) is 9.47 Å². The number of hydrogen-bond acceptors (Lipinski definition) is 6. The second kappa shape index (κ2) is 8.25. The summed E-state index contributed by atoms with van der Waals surface area (Å²) in [6.45, 7) is 9.42. The largest absolute Gasteiger partial charge is 0.504 e. The molecule has 5 atom stereocenters. The van der Waals surface area contributed by atoms with Gasteiger partial charge in [0.05, 0.1) is 29.4 Å². The fraction of sp³-hybridized carbons (Fsp3) is 0.483. The molecule has 36 heavy (non-hydrogen) atoms. The van der Waals surface area contributed by atoms with Crippen LogP contribution in [0, 0.1) is 0 Å². The predicted molar refractivity (Wildman–Crippen MR) is 137 cm³/mol. The van der Waals surface area contributed by atoms with Crippen LogP contribution in [-0.2, 0) is 16.6 Å². The van der Waals surface area contributed by atoms with Crippen molar-refractivity contribution < 1.29 is 24.5 Å². The minimum atomic E-state index is -1.04. The molecule has 1 amide bonds. The number of piperidine rings is 1. The second-order valence-electron chi connectivity index (χ2n) is 10.5. The van der Waals surface area contributed by atoms with Gasteiger partial charge in [0.1, 0.15) is 11.9 Å². The van der Waals surface area contributed by atoms with E-state index in [0.717, 1.165) is 17.7 Å². The van der Waals surface area contributed by atoms with Gasteiger partial charge in [-0.2, -0.15) is 0 Å². The van der Waals surface area contributed by atoms with Gasteiger partial charge >= 0.3 is 0 Å². The Morgan fingerprint density at radius 2 is 2.11 bits per heavy atom. The number of carbonyl (C=O) groups excluding carboxylic acids is 1. The van der Waals surface area contributed by atoms with Gasteiger partial charge in [-0.15, -0.1) is 6.58 Å². The fourth-order valence-electron chi connectivity index (χ4n) is 7.77. The smallest absolute Gasteiger partial charge is 0.224 e. The number of nitrogens with zero attached hydrogens (tertiary/aromatic N) is 2. The van der Waals surface area contributed by atoms with E-state index in [-0.39, 0.29) is 23.7 Å². The summed E-state index contributed by atoms with van der Waals surface area (Å²) in [5.41, 5.74) is 1.01. The van der Waals surface area contributed by atoms with Gasteiger partial charge in [-0.25, -0.2) is 0 Å². The van der Waals surface area contributed by atoms with Crippen molar-refractivity contribution in [3.8, 4) is 17.2 Å². The number of phenolic OH excluding ortho intramolecular Hbond substituents is 1. The highest BCUT2D eigenvalue weighted by molar-refractivity contribution is 5.94. The average Bonchev–Trinajstić information content (AvgIpc) is 3.21. The summed E-state index contributed by atoms with van der Waals surface area (Å²) in [6.07, 6.45) is 3.88. The summed E-state index contributed by atoms with van der Waals surface area (Å²) in [6, 6.07) is 10.9. The SMILES string of the molecule is C=CCN1CC[C@]23c4c5ccc(O)c4O[C@H]2[C@H](N(C(C)=O)c2ccccc2OCC)CC[C@@]3(O)[C@H]1C5. The highest BCUT2D eigenvalue weighted by atomic mass is 16.5. The molecular formula is C29H34N2O5. The van der Waals surface area contributed by atoms with Crippen LogP contribution >= 0.6 is 0 Å². The van der Waals surface area contributed by atoms with Gasteiger partial charge in [-0.3, -0.25) is 9.69 Å². The van der Waals surface area contributed by atoms with Gasteiger partial charge in [0.25, 0.3) is 0 Å². The van der Waals surface area contributed by atoms with Gasteiger partial charge in [-0.05, 0) is 62.9 Å². The summed E-state index contributed by atoms with van der Waals surface area (Å²) >= 11 is 0. The summed E-state index contributed by atoms with van der Waals surface area (Å²) in [7, 11) is 0. The number of benzene rings is 2.